The van der Waals surface area contributed by atoms with Gasteiger partial charge in [-0.05, 0) is 64.4 Å². The van der Waals surface area contributed by atoms with Gasteiger partial charge in [0.25, 0.3) is 5.91 Å². The van der Waals surface area contributed by atoms with Gasteiger partial charge >= 0.3 is 5.97 Å². The fourth-order valence-corrected chi connectivity index (χ4v) is 3.41. The molecule has 0 N–H and O–H groups in total. The second-order valence-corrected chi connectivity index (χ2v) is 7.30. The zero-order valence-electron chi connectivity index (χ0n) is 16.4. The number of aryl methyl sites for hydroxylation is 1. The Labute approximate surface area is 157 Å². The number of carbonyl (C=O) groups is 2. The molecular formula is C21H32N2O3. The fourth-order valence-electron chi connectivity index (χ4n) is 3.41. The van der Waals surface area contributed by atoms with Crippen molar-refractivity contribution >= 4 is 11.9 Å². The summed E-state index contributed by atoms with van der Waals surface area (Å²) in [5, 5.41) is 0. The van der Waals surface area contributed by atoms with Gasteiger partial charge in [-0.25, -0.2) is 0 Å². The van der Waals surface area contributed by atoms with Crippen molar-refractivity contribution in [3.05, 3.63) is 35.4 Å². The van der Waals surface area contributed by atoms with Gasteiger partial charge in [-0.15, -0.1) is 0 Å². The van der Waals surface area contributed by atoms with Crippen LogP contribution in [0.25, 0.3) is 0 Å². The van der Waals surface area contributed by atoms with E-state index >= 15 is 0 Å². The standard InChI is InChI=1S/C21H32N2O3/c1-17-8-10-19(11-9-17)20(24)23(16-18(2)21(25)26-3)15-7-6-14-22-12-4-5-13-22/h8-11,18H,4-7,12-16H2,1-3H3. The van der Waals surface area contributed by atoms with E-state index in [4.69, 9.17) is 4.74 Å². The number of amides is 1. The highest BCUT2D eigenvalue weighted by molar-refractivity contribution is 5.94. The van der Waals surface area contributed by atoms with E-state index in [1.54, 1.807) is 4.90 Å². The van der Waals surface area contributed by atoms with E-state index in [-0.39, 0.29) is 17.8 Å². The van der Waals surface area contributed by atoms with Crippen molar-refractivity contribution in [2.45, 2.75) is 39.5 Å². The van der Waals surface area contributed by atoms with Crippen LogP contribution in [0.4, 0.5) is 0 Å². The van der Waals surface area contributed by atoms with Crippen molar-refractivity contribution in [3.63, 3.8) is 0 Å². The van der Waals surface area contributed by atoms with Crippen molar-refractivity contribution in [2.24, 2.45) is 5.92 Å². The summed E-state index contributed by atoms with van der Waals surface area (Å²) in [6.45, 7) is 8.37. The Balaban J connectivity index is 1.94. The largest absolute Gasteiger partial charge is 0.469 e. The summed E-state index contributed by atoms with van der Waals surface area (Å²) >= 11 is 0. The number of carbonyl (C=O) groups excluding carboxylic acids is 2. The summed E-state index contributed by atoms with van der Waals surface area (Å²) < 4.78 is 4.82. The highest BCUT2D eigenvalue weighted by Gasteiger charge is 2.22. The number of esters is 1. The van der Waals surface area contributed by atoms with Gasteiger partial charge in [0, 0.05) is 18.7 Å². The molecule has 5 nitrogen and oxygen atoms in total. The van der Waals surface area contributed by atoms with Crippen LogP contribution in [0.15, 0.2) is 24.3 Å². The predicted molar refractivity (Wildman–Crippen MR) is 103 cm³/mol. The van der Waals surface area contributed by atoms with E-state index in [9.17, 15) is 9.59 Å². The smallest absolute Gasteiger partial charge is 0.310 e. The van der Waals surface area contributed by atoms with Crippen LogP contribution in [0.5, 0.6) is 0 Å². The SMILES string of the molecule is COC(=O)C(C)CN(CCCCN1CCCC1)C(=O)c1ccc(C)cc1. The van der Waals surface area contributed by atoms with Gasteiger partial charge in [0.15, 0.2) is 0 Å². The third-order valence-electron chi connectivity index (χ3n) is 5.03. The molecule has 26 heavy (non-hydrogen) atoms. The van der Waals surface area contributed by atoms with Crippen molar-refractivity contribution in [3.8, 4) is 0 Å². The number of methoxy groups -OCH3 is 1. The van der Waals surface area contributed by atoms with Gasteiger partial charge in [-0.1, -0.05) is 24.6 Å². The van der Waals surface area contributed by atoms with Crippen LogP contribution in [0.1, 0.15) is 48.5 Å². The number of likely N-dealkylation sites (tertiary alicyclic amines) is 1. The van der Waals surface area contributed by atoms with Crippen molar-refractivity contribution in [1.82, 2.24) is 9.80 Å². The number of rotatable bonds is 9. The average Bonchev–Trinajstić information content (AvgIpc) is 3.16. The molecule has 1 aliphatic rings. The Hall–Kier alpha value is -1.88. The van der Waals surface area contributed by atoms with Gasteiger partial charge in [0.2, 0.25) is 0 Å². The summed E-state index contributed by atoms with van der Waals surface area (Å²) in [6, 6.07) is 7.61. The van der Waals surface area contributed by atoms with E-state index in [2.05, 4.69) is 4.90 Å². The van der Waals surface area contributed by atoms with Crippen LogP contribution in [-0.2, 0) is 9.53 Å². The summed E-state index contributed by atoms with van der Waals surface area (Å²) in [7, 11) is 1.39. The highest BCUT2D eigenvalue weighted by atomic mass is 16.5. The molecule has 0 bridgehead atoms. The lowest BCUT2D eigenvalue weighted by atomic mass is 10.1. The van der Waals surface area contributed by atoms with Crippen LogP contribution >= 0.6 is 0 Å². The normalized spacial score (nSPS) is 15.7. The Kier molecular flexibility index (Phi) is 8.10. The zero-order valence-corrected chi connectivity index (χ0v) is 16.4. The first-order valence-electron chi connectivity index (χ1n) is 9.67. The number of hydrogen-bond acceptors (Lipinski definition) is 4. The summed E-state index contributed by atoms with van der Waals surface area (Å²) in [6.07, 6.45) is 4.62. The maximum atomic E-state index is 12.9. The Morgan fingerprint density at radius 3 is 2.42 bits per heavy atom. The van der Waals surface area contributed by atoms with E-state index in [0.29, 0.717) is 18.7 Å². The first kappa shape index (κ1) is 20.4. The molecule has 0 aromatic heterocycles. The zero-order chi connectivity index (χ0) is 18.9. The number of hydrogen-bond donors (Lipinski definition) is 0. The highest BCUT2D eigenvalue weighted by Crippen LogP contribution is 2.13. The maximum absolute atomic E-state index is 12.9. The molecule has 1 aromatic carbocycles. The van der Waals surface area contributed by atoms with Gasteiger partial charge in [-0.2, -0.15) is 0 Å². The van der Waals surface area contributed by atoms with Gasteiger partial charge in [-0.3, -0.25) is 9.59 Å². The fraction of sp³-hybridized carbons (Fsp3) is 0.619. The molecule has 1 amide bonds. The Morgan fingerprint density at radius 1 is 1.15 bits per heavy atom. The molecule has 1 saturated heterocycles. The Morgan fingerprint density at radius 2 is 1.81 bits per heavy atom. The second-order valence-electron chi connectivity index (χ2n) is 7.30. The first-order valence-corrected chi connectivity index (χ1v) is 9.67. The minimum absolute atomic E-state index is 0.0121. The molecule has 1 aromatic rings. The quantitative estimate of drug-likeness (QED) is 0.501. The molecule has 0 radical (unpaired) electrons. The van der Waals surface area contributed by atoms with Crippen LogP contribution in [0, 0.1) is 12.8 Å². The van der Waals surface area contributed by atoms with Crippen LogP contribution in [0.2, 0.25) is 0 Å². The van der Waals surface area contributed by atoms with Crippen LogP contribution in [0.3, 0.4) is 0 Å². The van der Waals surface area contributed by atoms with Crippen molar-refractivity contribution in [2.75, 3.05) is 39.8 Å². The molecule has 0 saturated carbocycles. The van der Waals surface area contributed by atoms with Crippen LogP contribution < -0.4 is 0 Å². The third kappa shape index (κ3) is 6.13. The lowest BCUT2D eigenvalue weighted by Gasteiger charge is -2.26. The molecule has 1 heterocycles. The first-order chi connectivity index (χ1) is 12.5. The van der Waals surface area contributed by atoms with Gasteiger partial charge in [0.1, 0.15) is 0 Å². The van der Waals surface area contributed by atoms with Crippen molar-refractivity contribution < 1.29 is 14.3 Å². The predicted octanol–water partition coefficient (Wildman–Crippen LogP) is 3.12. The second kappa shape index (κ2) is 10.3. The number of ether oxygens (including phenoxy) is 1. The lowest BCUT2D eigenvalue weighted by molar-refractivity contribution is -0.145. The van der Waals surface area contributed by atoms with Crippen molar-refractivity contribution in [1.29, 1.82) is 0 Å². The molecule has 1 aliphatic heterocycles. The van der Waals surface area contributed by atoms with Crippen LogP contribution in [-0.4, -0.2) is 61.5 Å². The monoisotopic (exact) mass is 360 g/mol. The summed E-state index contributed by atoms with van der Waals surface area (Å²) in [5.41, 5.74) is 1.80. The topological polar surface area (TPSA) is 49.9 Å². The lowest BCUT2D eigenvalue weighted by Crippen LogP contribution is -2.38. The van der Waals surface area contributed by atoms with E-state index < -0.39 is 0 Å². The Bertz CT molecular complexity index is 579. The van der Waals surface area contributed by atoms with E-state index in [1.165, 1.54) is 33.0 Å². The molecule has 0 spiro atoms. The van der Waals surface area contributed by atoms with E-state index in [0.717, 1.165) is 24.9 Å². The number of nitrogens with zero attached hydrogens (tertiary/aromatic N) is 2. The summed E-state index contributed by atoms with van der Waals surface area (Å²) in [5.74, 6) is -0.612. The molecule has 1 fully saturated rings. The molecule has 1 atom stereocenters. The number of benzene rings is 1. The molecule has 144 valence electrons. The molecular weight excluding hydrogens is 328 g/mol. The third-order valence-corrected chi connectivity index (χ3v) is 5.03. The van der Waals surface area contributed by atoms with Gasteiger partial charge in [0.05, 0.1) is 13.0 Å². The van der Waals surface area contributed by atoms with E-state index in [1.807, 2.05) is 38.1 Å². The number of unbranched alkanes of at least 4 members (excludes halogenated alkanes) is 1. The molecule has 0 aliphatic carbocycles. The minimum Gasteiger partial charge on any atom is -0.469 e. The maximum Gasteiger partial charge on any atom is 0.310 e. The average molecular weight is 360 g/mol. The molecule has 2 rings (SSSR count). The van der Waals surface area contributed by atoms with Gasteiger partial charge < -0.3 is 14.5 Å². The summed E-state index contributed by atoms with van der Waals surface area (Å²) in [4.78, 5) is 29.0. The molecule has 1 unspecified atom stereocenters. The molecule has 5 heteroatoms. The minimum atomic E-state index is -0.326.